The van der Waals surface area contributed by atoms with Crippen molar-refractivity contribution in [2.45, 2.75) is 30.2 Å². The number of aromatic nitrogens is 2. The molecule has 0 saturated carbocycles. The third-order valence-corrected chi connectivity index (χ3v) is 6.52. The molecular weight excluding hydrogens is 422 g/mol. The van der Waals surface area contributed by atoms with Crippen molar-refractivity contribution in [3.05, 3.63) is 65.6 Å². The lowest BCUT2D eigenvalue weighted by Crippen LogP contribution is -2.16. The molecule has 10 heteroatoms. The van der Waals surface area contributed by atoms with E-state index in [2.05, 4.69) is 25.2 Å². The van der Waals surface area contributed by atoms with Crippen molar-refractivity contribution in [2.24, 2.45) is 5.10 Å². The van der Waals surface area contributed by atoms with E-state index in [-0.39, 0.29) is 4.90 Å². The molecule has 2 aromatic carbocycles. The van der Waals surface area contributed by atoms with E-state index in [1.165, 1.54) is 0 Å². The SMILES string of the molecule is C/C=C(\C)N/N=C/c1nc2ccc(S(=O)NCc3ccc(S(C)(=O)=O)cc3)cc2[nH]1. The summed E-state index contributed by atoms with van der Waals surface area (Å²) in [6.07, 6.45) is 4.66. The summed E-state index contributed by atoms with van der Waals surface area (Å²) in [5.74, 6) is 0.586. The number of rotatable bonds is 8. The fraction of sp³-hybridized carbons (Fsp3) is 0.200. The van der Waals surface area contributed by atoms with Gasteiger partial charge in [-0.25, -0.2) is 22.3 Å². The molecule has 30 heavy (non-hydrogen) atoms. The Kier molecular flexibility index (Phi) is 6.80. The predicted molar refractivity (Wildman–Crippen MR) is 119 cm³/mol. The van der Waals surface area contributed by atoms with Crippen LogP contribution in [-0.2, 0) is 27.4 Å². The second kappa shape index (κ2) is 9.33. The van der Waals surface area contributed by atoms with Crippen LogP contribution in [0, 0.1) is 0 Å². The summed E-state index contributed by atoms with van der Waals surface area (Å²) in [4.78, 5) is 8.42. The number of aromatic amines is 1. The highest BCUT2D eigenvalue weighted by molar-refractivity contribution is 7.90. The van der Waals surface area contributed by atoms with Crippen LogP contribution in [0.3, 0.4) is 0 Å². The molecule has 158 valence electrons. The molecule has 3 aromatic rings. The molecule has 0 aliphatic rings. The molecule has 1 heterocycles. The van der Waals surface area contributed by atoms with E-state index in [1.54, 1.807) is 48.7 Å². The van der Waals surface area contributed by atoms with Gasteiger partial charge in [-0.05, 0) is 49.7 Å². The fourth-order valence-electron chi connectivity index (χ4n) is 2.53. The van der Waals surface area contributed by atoms with Gasteiger partial charge in [-0.3, -0.25) is 5.43 Å². The number of hydrazone groups is 1. The fourth-order valence-corrected chi connectivity index (χ4v) is 4.04. The van der Waals surface area contributed by atoms with Gasteiger partial charge in [0.2, 0.25) is 0 Å². The number of hydrogen-bond acceptors (Lipinski definition) is 6. The summed E-state index contributed by atoms with van der Waals surface area (Å²) in [5, 5.41) is 4.10. The van der Waals surface area contributed by atoms with Gasteiger partial charge in [0.15, 0.2) is 15.7 Å². The van der Waals surface area contributed by atoms with Gasteiger partial charge in [0, 0.05) is 18.5 Å². The Morgan fingerprint density at radius 2 is 1.97 bits per heavy atom. The van der Waals surface area contributed by atoms with Crippen LogP contribution in [-0.4, -0.2) is 35.1 Å². The first-order valence-corrected chi connectivity index (χ1v) is 12.2. The van der Waals surface area contributed by atoms with Crippen molar-refractivity contribution in [1.82, 2.24) is 20.1 Å². The highest BCUT2D eigenvalue weighted by atomic mass is 32.2. The molecule has 0 saturated heterocycles. The lowest BCUT2D eigenvalue weighted by molar-refractivity contribution is 0.602. The van der Waals surface area contributed by atoms with Gasteiger partial charge in [-0.2, -0.15) is 5.10 Å². The third kappa shape index (κ3) is 5.62. The molecule has 1 aromatic heterocycles. The van der Waals surface area contributed by atoms with Crippen LogP contribution in [0.4, 0.5) is 0 Å². The van der Waals surface area contributed by atoms with Crippen LogP contribution < -0.4 is 10.1 Å². The van der Waals surface area contributed by atoms with Gasteiger partial charge >= 0.3 is 0 Å². The minimum atomic E-state index is -3.23. The normalized spacial score (nSPS) is 13.8. The Morgan fingerprint density at radius 1 is 1.23 bits per heavy atom. The summed E-state index contributed by atoms with van der Waals surface area (Å²) in [6.45, 7) is 4.16. The standard InChI is InChI=1S/C20H23N5O3S2/c1-4-14(2)25-21-13-20-23-18-10-7-16(11-19(18)24-20)29(26)22-12-15-5-8-17(9-6-15)30(3,27)28/h4-11,13,22,25H,12H2,1-3H3,(H,23,24)/b14-4+,21-13+. The molecule has 0 amide bonds. The van der Waals surface area contributed by atoms with Crippen molar-refractivity contribution >= 4 is 38.1 Å². The molecule has 3 N–H and O–H groups in total. The zero-order valence-corrected chi connectivity index (χ0v) is 18.5. The van der Waals surface area contributed by atoms with Crippen molar-refractivity contribution in [3.8, 4) is 0 Å². The minimum Gasteiger partial charge on any atom is -0.337 e. The summed E-state index contributed by atoms with van der Waals surface area (Å²) >= 11 is 0. The smallest absolute Gasteiger partial charge is 0.175 e. The Hall–Kier alpha value is -2.82. The predicted octanol–water partition coefficient (Wildman–Crippen LogP) is 2.63. The highest BCUT2D eigenvalue weighted by Gasteiger charge is 2.09. The molecule has 0 spiro atoms. The van der Waals surface area contributed by atoms with Crippen molar-refractivity contribution in [3.63, 3.8) is 0 Å². The third-order valence-electron chi connectivity index (χ3n) is 4.31. The van der Waals surface area contributed by atoms with E-state index in [9.17, 15) is 12.6 Å². The number of fused-ring (bicyclic) bond motifs is 1. The van der Waals surface area contributed by atoms with Gasteiger partial charge in [0.25, 0.3) is 0 Å². The van der Waals surface area contributed by atoms with Gasteiger partial charge in [-0.1, -0.05) is 18.2 Å². The average molecular weight is 446 g/mol. The second-order valence-corrected chi connectivity index (χ2v) is 9.96. The van der Waals surface area contributed by atoms with E-state index >= 15 is 0 Å². The number of benzene rings is 2. The van der Waals surface area contributed by atoms with Crippen LogP contribution in [0.5, 0.6) is 0 Å². The lowest BCUT2D eigenvalue weighted by Gasteiger charge is -2.06. The van der Waals surface area contributed by atoms with Gasteiger partial charge in [0.05, 0.1) is 27.0 Å². The number of allylic oxidation sites excluding steroid dienone is 2. The van der Waals surface area contributed by atoms with Gasteiger partial charge in [-0.15, -0.1) is 0 Å². The molecule has 0 aliphatic heterocycles. The molecule has 0 aliphatic carbocycles. The summed E-state index contributed by atoms with van der Waals surface area (Å²) in [5.41, 5.74) is 6.14. The van der Waals surface area contributed by atoms with E-state index in [1.807, 2.05) is 19.9 Å². The topological polar surface area (TPSA) is 116 Å². The highest BCUT2D eigenvalue weighted by Crippen LogP contribution is 2.16. The van der Waals surface area contributed by atoms with E-state index in [4.69, 9.17) is 0 Å². The average Bonchev–Trinajstić information content (AvgIpc) is 3.13. The molecule has 0 bridgehead atoms. The van der Waals surface area contributed by atoms with Crippen LogP contribution >= 0.6 is 0 Å². The monoisotopic (exact) mass is 445 g/mol. The maximum Gasteiger partial charge on any atom is 0.175 e. The maximum atomic E-state index is 12.6. The van der Waals surface area contributed by atoms with Crippen LogP contribution in [0.1, 0.15) is 25.2 Å². The van der Waals surface area contributed by atoms with Crippen molar-refractivity contribution < 1.29 is 12.6 Å². The molecule has 1 atom stereocenters. The molecule has 0 fully saturated rings. The second-order valence-electron chi connectivity index (χ2n) is 6.65. The lowest BCUT2D eigenvalue weighted by atomic mass is 10.2. The summed E-state index contributed by atoms with van der Waals surface area (Å²) < 4.78 is 38.6. The quantitative estimate of drug-likeness (QED) is 0.364. The molecule has 3 rings (SSSR count). The maximum absolute atomic E-state index is 12.6. The molecular formula is C20H23N5O3S2. The number of nitrogens with one attached hydrogen (secondary N) is 3. The van der Waals surface area contributed by atoms with Crippen LogP contribution in [0.25, 0.3) is 11.0 Å². The number of nitrogens with zero attached hydrogens (tertiary/aromatic N) is 2. The van der Waals surface area contributed by atoms with E-state index in [0.717, 1.165) is 28.5 Å². The summed E-state index contributed by atoms with van der Waals surface area (Å²) in [7, 11) is -4.67. The Balaban J connectivity index is 1.66. The Morgan fingerprint density at radius 3 is 2.63 bits per heavy atom. The first-order chi connectivity index (χ1) is 14.3. The van der Waals surface area contributed by atoms with Gasteiger partial charge in [0.1, 0.15) is 11.0 Å². The molecule has 8 nitrogen and oxygen atoms in total. The Bertz CT molecular complexity index is 1230. The zero-order valence-electron chi connectivity index (χ0n) is 16.8. The van der Waals surface area contributed by atoms with E-state index < -0.39 is 20.8 Å². The van der Waals surface area contributed by atoms with Crippen LogP contribution in [0.2, 0.25) is 0 Å². The first-order valence-electron chi connectivity index (χ1n) is 9.12. The van der Waals surface area contributed by atoms with Crippen molar-refractivity contribution in [2.75, 3.05) is 6.26 Å². The number of sulfone groups is 1. The molecule has 0 radical (unpaired) electrons. The minimum absolute atomic E-state index is 0.257. The number of imidazole rings is 1. The number of hydrogen-bond donors (Lipinski definition) is 3. The Labute approximate surface area is 178 Å². The van der Waals surface area contributed by atoms with E-state index in [0.29, 0.717) is 17.3 Å². The zero-order chi connectivity index (χ0) is 21.7. The van der Waals surface area contributed by atoms with Gasteiger partial charge < -0.3 is 4.98 Å². The molecule has 1 unspecified atom stereocenters. The largest absolute Gasteiger partial charge is 0.337 e. The summed E-state index contributed by atoms with van der Waals surface area (Å²) in [6, 6.07) is 11.8. The first kappa shape index (κ1) is 21.9. The number of H-pyrrole nitrogens is 1. The van der Waals surface area contributed by atoms with Crippen LogP contribution in [0.15, 0.2) is 69.1 Å². The van der Waals surface area contributed by atoms with Crippen molar-refractivity contribution in [1.29, 1.82) is 0 Å².